The third-order valence-corrected chi connectivity index (χ3v) is 4.40. The van der Waals surface area contributed by atoms with Crippen molar-refractivity contribution in [2.75, 3.05) is 11.1 Å². The minimum absolute atomic E-state index is 0.0875. The van der Waals surface area contributed by atoms with E-state index in [1.807, 2.05) is 13.8 Å². The van der Waals surface area contributed by atoms with E-state index in [1.54, 1.807) is 6.07 Å². The molecular weight excluding hydrogens is 297 g/mol. The normalized spacial score (nSPS) is 12.2. The van der Waals surface area contributed by atoms with Gasteiger partial charge >= 0.3 is 0 Å². The number of thiol groups is 1. The zero-order chi connectivity index (χ0) is 14.7. The predicted molar refractivity (Wildman–Crippen MR) is 81.7 cm³/mol. The van der Waals surface area contributed by atoms with Gasteiger partial charge in [-0.25, -0.2) is 9.97 Å². The molecule has 2 aromatic rings. The highest BCUT2D eigenvalue weighted by Gasteiger charge is 2.16. The predicted octanol–water partition coefficient (Wildman–Crippen LogP) is 3.16. The topological polar surface area (TPSA) is 54.9 Å². The molecule has 0 bridgehead atoms. The highest BCUT2D eigenvalue weighted by Crippen LogP contribution is 2.31. The lowest BCUT2D eigenvalue weighted by Crippen LogP contribution is -2.21. The van der Waals surface area contributed by atoms with E-state index in [0.29, 0.717) is 15.8 Å². The fourth-order valence-electron chi connectivity index (χ4n) is 1.46. The summed E-state index contributed by atoms with van der Waals surface area (Å²) >= 11 is 5.45. The van der Waals surface area contributed by atoms with Crippen molar-refractivity contribution >= 4 is 34.9 Å². The molecular formula is C13H14FN3OS2. The summed E-state index contributed by atoms with van der Waals surface area (Å²) in [4.78, 5) is 19.8. The molecule has 1 amide bonds. The smallest absolute Gasteiger partial charge is 0.228 e. The Kier molecular flexibility index (Phi) is 4.72. The Balaban J connectivity index is 2.21. The van der Waals surface area contributed by atoms with Gasteiger partial charge in [0.2, 0.25) is 11.9 Å². The summed E-state index contributed by atoms with van der Waals surface area (Å²) in [6.45, 7) is 3.63. The van der Waals surface area contributed by atoms with Crippen LogP contribution in [0.3, 0.4) is 0 Å². The van der Waals surface area contributed by atoms with Gasteiger partial charge in [0.25, 0.3) is 0 Å². The maximum atomic E-state index is 12.8. The van der Waals surface area contributed by atoms with E-state index >= 15 is 0 Å². The standard InChI is InChI=1S/C13H14FN3OS2/c1-7(6-19)11(18)17-12-8(2)16-13(20-12)9-3-4-10(14)15-5-9/h3-5,7,19H,6H2,1-2H3,(H,17,18). The first kappa shape index (κ1) is 14.9. The number of halogens is 1. The highest BCUT2D eigenvalue weighted by molar-refractivity contribution is 7.80. The van der Waals surface area contributed by atoms with Gasteiger partial charge < -0.3 is 5.32 Å². The van der Waals surface area contributed by atoms with Gasteiger partial charge in [-0.2, -0.15) is 17.0 Å². The van der Waals surface area contributed by atoms with Crippen molar-refractivity contribution in [1.29, 1.82) is 0 Å². The Hall–Kier alpha value is -1.47. The Labute approximate surface area is 125 Å². The number of nitrogens with zero attached hydrogens (tertiary/aromatic N) is 2. The lowest BCUT2D eigenvalue weighted by atomic mass is 10.2. The number of aryl methyl sites for hydroxylation is 1. The van der Waals surface area contributed by atoms with E-state index in [4.69, 9.17) is 0 Å². The molecule has 7 heteroatoms. The van der Waals surface area contributed by atoms with E-state index in [-0.39, 0.29) is 11.8 Å². The average molecular weight is 311 g/mol. The van der Waals surface area contributed by atoms with Crippen molar-refractivity contribution in [2.24, 2.45) is 5.92 Å². The number of aromatic nitrogens is 2. The molecule has 1 N–H and O–H groups in total. The minimum atomic E-state index is -0.529. The monoisotopic (exact) mass is 311 g/mol. The van der Waals surface area contributed by atoms with Crippen LogP contribution >= 0.6 is 24.0 Å². The van der Waals surface area contributed by atoms with Crippen LogP contribution in [0.1, 0.15) is 12.6 Å². The molecule has 106 valence electrons. The molecule has 2 aromatic heterocycles. The number of hydrogen-bond donors (Lipinski definition) is 2. The van der Waals surface area contributed by atoms with Crippen molar-refractivity contribution in [3.05, 3.63) is 30.0 Å². The fraction of sp³-hybridized carbons (Fsp3) is 0.308. The van der Waals surface area contributed by atoms with Crippen LogP contribution in [-0.2, 0) is 4.79 Å². The van der Waals surface area contributed by atoms with Crippen LogP contribution in [0.4, 0.5) is 9.39 Å². The Morgan fingerprint density at radius 2 is 2.30 bits per heavy atom. The van der Waals surface area contributed by atoms with Crippen LogP contribution in [0, 0.1) is 18.8 Å². The SMILES string of the molecule is Cc1nc(-c2ccc(F)nc2)sc1NC(=O)C(C)CS. The average Bonchev–Trinajstić information content (AvgIpc) is 2.80. The van der Waals surface area contributed by atoms with Gasteiger partial charge in [0.15, 0.2) is 0 Å². The van der Waals surface area contributed by atoms with Gasteiger partial charge in [-0.1, -0.05) is 18.3 Å². The van der Waals surface area contributed by atoms with E-state index in [9.17, 15) is 9.18 Å². The van der Waals surface area contributed by atoms with Crippen molar-refractivity contribution in [3.8, 4) is 10.6 Å². The van der Waals surface area contributed by atoms with Crippen molar-refractivity contribution < 1.29 is 9.18 Å². The van der Waals surface area contributed by atoms with Crippen LogP contribution in [0.25, 0.3) is 10.6 Å². The summed E-state index contributed by atoms with van der Waals surface area (Å²) in [5, 5.41) is 4.23. The number of amides is 1. The third kappa shape index (κ3) is 3.34. The van der Waals surface area contributed by atoms with Crippen LogP contribution in [-0.4, -0.2) is 21.6 Å². The van der Waals surface area contributed by atoms with E-state index in [0.717, 1.165) is 11.3 Å². The molecule has 0 aromatic carbocycles. The third-order valence-electron chi connectivity index (χ3n) is 2.73. The Morgan fingerprint density at radius 3 is 2.90 bits per heavy atom. The molecule has 2 rings (SSSR count). The lowest BCUT2D eigenvalue weighted by Gasteiger charge is -2.07. The lowest BCUT2D eigenvalue weighted by molar-refractivity contribution is -0.118. The highest BCUT2D eigenvalue weighted by atomic mass is 32.1. The van der Waals surface area contributed by atoms with Crippen molar-refractivity contribution in [1.82, 2.24) is 9.97 Å². The molecule has 0 aliphatic heterocycles. The molecule has 20 heavy (non-hydrogen) atoms. The summed E-state index contributed by atoms with van der Waals surface area (Å²) < 4.78 is 12.8. The van der Waals surface area contributed by atoms with Crippen LogP contribution in [0.5, 0.6) is 0 Å². The van der Waals surface area contributed by atoms with Gasteiger partial charge in [-0.05, 0) is 19.1 Å². The quantitative estimate of drug-likeness (QED) is 0.673. The van der Waals surface area contributed by atoms with Crippen LogP contribution < -0.4 is 5.32 Å². The first-order valence-electron chi connectivity index (χ1n) is 6.02. The Bertz CT molecular complexity index is 613. The second-order valence-corrected chi connectivity index (χ2v) is 5.74. The van der Waals surface area contributed by atoms with Gasteiger partial charge in [0.05, 0.1) is 5.69 Å². The summed E-state index contributed by atoms with van der Waals surface area (Å²) in [5.41, 5.74) is 1.45. The van der Waals surface area contributed by atoms with E-state index in [2.05, 4.69) is 27.9 Å². The maximum Gasteiger partial charge on any atom is 0.228 e. The second kappa shape index (κ2) is 6.32. The largest absolute Gasteiger partial charge is 0.316 e. The van der Waals surface area contributed by atoms with E-state index < -0.39 is 5.95 Å². The number of thiazole rings is 1. The zero-order valence-corrected chi connectivity index (χ0v) is 12.8. The van der Waals surface area contributed by atoms with Gasteiger partial charge in [0, 0.05) is 23.4 Å². The summed E-state index contributed by atoms with van der Waals surface area (Å²) in [7, 11) is 0. The first-order valence-corrected chi connectivity index (χ1v) is 7.47. The Morgan fingerprint density at radius 1 is 1.55 bits per heavy atom. The molecule has 1 atom stereocenters. The van der Waals surface area contributed by atoms with Crippen LogP contribution in [0.2, 0.25) is 0 Å². The van der Waals surface area contributed by atoms with Gasteiger partial charge in [0.1, 0.15) is 10.0 Å². The molecule has 4 nitrogen and oxygen atoms in total. The minimum Gasteiger partial charge on any atom is -0.316 e. The van der Waals surface area contributed by atoms with Gasteiger partial charge in [-0.3, -0.25) is 4.79 Å². The summed E-state index contributed by atoms with van der Waals surface area (Å²) in [6, 6.07) is 2.90. The number of anilines is 1. The molecule has 0 aliphatic carbocycles. The number of nitrogens with one attached hydrogen (secondary N) is 1. The fourth-order valence-corrected chi connectivity index (χ4v) is 2.58. The number of rotatable bonds is 4. The number of carbonyl (C=O) groups is 1. The zero-order valence-electron chi connectivity index (χ0n) is 11.1. The number of hydrogen-bond acceptors (Lipinski definition) is 5. The van der Waals surface area contributed by atoms with E-state index in [1.165, 1.54) is 23.6 Å². The molecule has 0 saturated carbocycles. The summed E-state index contributed by atoms with van der Waals surface area (Å²) in [6.07, 6.45) is 1.43. The van der Waals surface area contributed by atoms with Crippen molar-refractivity contribution in [2.45, 2.75) is 13.8 Å². The molecule has 2 heterocycles. The molecule has 0 spiro atoms. The number of carbonyl (C=O) groups excluding carboxylic acids is 1. The number of pyridine rings is 1. The summed E-state index contributed by atoms with van der Waals surface area (Å²) in [5.74, 6) is -0.303. The maximum absolute atomic E-state index is 12.8. The molecule has 0 saturated heterocycles. The molecule has 0 fully saturated rings. The van der Waals surface area contributed by atoms with Gasteiger partial charge in [-0.15, -0.1) is 0 Å². The van der Waals surface area contributed by atoms with Crippen molar-refractivity contribution in [3.63, 3.8) is 0 Å². The van der Waals surface area contributed by atoms with Crippen LogP contribution in [0.15, 0.2) is 18.3 Å². The molecule has 0 radical (unpaired) electrons. The first-order chi connectivity index (χ1) is 9.51. The molecule has 0 aliphatic rings. The molecule has 1 unspecified atom stereocenters. The second-order valence-electron chi connectivity index (χ2n) is 4.38.